The number of amides is 1. The van der Waals surface area contributed by atoms with E-state index >= 15 is 0 Å². The number of hydrogen-bond donors (Lipinski definition) is 1. The molecule has 0 spiro atoms. The Labute approximate surface area is 101 Å². The van der Waals surface area contributed by atoms with Crippen LogP contribution in [0, 0.1) is 0 Å². The zero-order chi connectivity index (χ0) is 13.0. The predicted octanol–water partition coefficient (Wildman–Crippen LogP) is 2.41. The van der Waals surface area contributed by atoms with Crippen LogP contribution in [0.2, 0.25) is 0 Å². The molecule has 1 amide bonds. The Bertz CT molecular complexity index is 229. The summed E-state index contributed by atoms with van der Waals surface area (Å²) in [5.74, 6) is 0.212. The van der Waals surface area contributed by atoms with Gasteiger partial charge in [0.2, 0.25) is 5.91 Å². The lowest BCUT2D eigenvalue weighted by Gasteiger charge is -2.35. The van der Waals surface area contributed by atoms with Crippen molar-refractivity contribution in [3.05, 3.63) is 0 Å². The standard InChI is InChI=1S/C13H28N2O/c1-8-13(5,6)15(7)11(16)9-10-14-12(2,3)4/h14H,8-10H2,1-7H3. The minimum absolute atomic E-state index is 0.0428. The van der Waals surface area contributed by atoms with E-state index in [1.807, 2.05) is 11.9 Å². The summed E-state index contributed by atoms with van der Waals surface area (Å²) in [6.07, 6.45) is 1.54. The highest BCUT2D eigenvalue weighted by Gasteiger charge is 2.25. The first-order valence-electron chi connectivity index (χ1n) is 6.12. The van der Waals surface area contributed by atoms with Crippen molar-refractivity contribution in [2.45, 2.75) is 65.5 Å². The fourth-order valence-corrected chi connectivity index (χ4v) is 1.29. The van der Waals surface area contributed by atoms with Gasteiger partial charge in [-0.15, -0.1) is 0 Å². The summed E-state index contributed by atoms with van der Waals surface area (Å²) in [5, 5.41) is 3.33. The van der Waals surface area contributed by atoms with Gasteiger partial charge in [-0.2, -0.15) is 0 Å². The molecule has 3 heteroatoms. The van der Waals surface area contributed by atoms with Crippen molar-refractivity contribution in [1.29, 1.82) is 0 Å². The van der Waals surface area contributed by atoms with E-state index < -0.39 is 0 Å². The molecule has 0 aromatic rings. The van der Waals surface area contributed by atoms with Crippen LogP contribution in [-0.4, -0.2) is 35.5 Å². The number of nitrogens with one attached hydrogen (secondary N) is 1. The van der Waals surface area contributed by atoms with Crippen LogP contribution in [0.1, 0.15) is 54.4 Å². The largest absolute Gasteiger partial charge is 0.341 e. The molecule has 0 aromatic heterocycles. The Morgan fingerprint density at radius 3 is 2.06 bits per heavy atom. The van der Waals surface area contributed by atoms with Gasteiger partial charge < -0.3 is 10.2 Å². The quantitative estimate of drug-likeness (QED) is 0.783. The van der Waals surface area contributed by atoms with Gasteiger partial charge in [-0.25, -0.2) is 0 Å². The van der Waals surface area contributed by atoms with Crippen LogP contribution < -0.4 is 5.32 Å². The zero-order valence-corrected chi connectivity index (χ0v) is 12.0. The second-order valence-electron chi connectivity index (χ2n) is 6.05. The Morgan fingerprint density at radius 1 is 1.19 bits per heavy atom. The van der Waals surface area contributed by atoms with Gasteiger partial charge in [0.15, 0.2) is 0 Å². The van der Waals surface area contributed by atoms with Crippen molar-refractivity contribution in [2.75, 3.05) is 13.6 Å². The maximum absolute atomic E-state index is 11.9. The Balaban J connectivity index is 4.08. The van der Waals surface area contributed by atoms with E-state index in [9.17, 15) is 4.79 Å². The van der Waals surface area contributed by atoms with Gasteiger partial charge in [0.1, 0.15) is 0 Å². The topological polar surface area (TPSA) is 32.3 Å². The number of nitrogens with zero attached hydrogens (tertiary/aromatic N) is 1. The summed E-state index contributed by atoms with van der Waals surface area (Å²) in [6.45, 7) is 13.4. The summed E-state index contributed by atoms with van der Waals surface area (Å²) >= 11 is 0. The maximum Gasteiger partial charge on any atom is 0.224 e. The van der Waals surface area contributed by atoms with E-state index in [1.54, 1.807) is 0 Å². The first-order chi connectivity index (χ1) is 7.10. The number of hydrogen-bond acceptors (Lipinski definition) is 2. The first kappa shape index (κ1) is 15.4. The minimum Gasteiger partial charge on any atom is -0.341 e. The van der Waals surface area contributed by atoms with Crippen molar-refractivity contribution in [1.82, 2.24) is 10.2 Å². The van der Waals surface area contributed by atoms with Crippen molar-refractivity contribution in [3.63, 3.8) is 0 Å². The van der Waals surface area contributed by atoms with Crippen LogP contribution in [0.5, 0.6) is 0 Å². The summed E-state index contributed by atoms with van der Waals surface area (Å²) in [7, 11) is 1.89. The lowest BCUT2D eigenvalue weighted by molar-refractivity contribution is -0.134. The lowest BCUT2D eigenvalue weighted by Crippen LogP contribution is -2.46. The highest BCUT2D eigenvalue weighted by atomic mass is 16.2. The Kier molecular flexibility index (Phi) is 5.47. The zero-order valence-electron chi connectivity index (χ0n) is 12.0. The van der Waals surface area contributed by atoms with E-state index in [0.717, 1.165) is 13.0 Å². The molecule has 0 atom stereocenters. The Hall–Kier alpha value is -0.570. The molecule has 1 N–H and O–H groups in total. The van der Waals surface area contributed by atoms with Crippen molar-refractivity contribution in [2.24, 2.45) is 0 Å². The highest BCUT2D eigenvalue weighted by Crippen LogP contribution is 2.17. The molecule has 3 nitrogen and oxygen atoms in total. The van der Waals surface area contributed by atoms with E-state index in [2.05, 4.69) is 46.9 Å². The molecule has 0 saturated carbocycles. The third-order valence-corrected chi connectivity index (χ3v) is 3.14. The van der Waals surface area contributed by atoms with Crippen molar-refractivity contribution >= 4 is 5.91 Å². The minimum atomic E-state index is -0.0428. The summed E-state index contributed by atoms with van der Waals surface area (Å²) in [6, 6.07) is 0. The first-order valence-corrected chi connectivity index (χ1v) is 6.12. The third-order valence-electron chi connectivity index (χ3n) is 3.14. The van der Waals surface area contributed by atoms with Gasteiger partial charge >= 0.3 is 0 Å². The van der Waals surface area contributed by atoms with Crippen LogP contribution >= 0.6 is 0 Å². The average molecular weight is 228 g/mol. The second-order valence-corrected chi connectivity index (χ2v) is 6.05. The number of rotatable bonds is 5. The molecule has 0 unspecified atom stereocenters. The SMILES string of the molecule is CCC(C)(C)N(C)C(=O)CCNC(C)(C)C. The molecule has 96 valence electrons. The smallest absolute Gasteiger partial charge is 0.224 e. The van der Waals surface area contributed by atoms with Gasteiger partial charge in [-0.3, -0.25) is 4.79 Å². The third kappa shape index (κ3) is 5.50. The average Bonchev–Trinajstić information content (AvgIpc) is 2.14. The molecule has 0 aliphatic carbocycles. The van der Waals surface area contributed by atoms with Gasteiger partial charge in [-0.1, -0.05) is 6.92 Å². The number of carbonyl (C=O) groups excluding carboxylic acids is 1. The van der Waals surface area contributed by atoms with E-state index in [-0.39, 0.29) is 17.0 Å². The monoisotopic (exact) mass is 228 g/mol. The maximum atomic E-state index is 11.9. The molecule has 0 bridgehead atoms. The lowest BCUT2D eigenvalue weighted by atomic mass is 9.99. The second kappa shape index (κ2) is 5.67. The molecule has 0 fully saturated rings. The van der Waals surface area contributed by atoms with Crippen LogP contribution in [0.3, 0.4) is 0 Å². The predicted molar refractivity (Wildman–Crippen MR) is 69.5 cm³/mol. The molecule has 0 aromatic carbocycles. The molecule has 0 heterocycles. The molecule has 0 saturated heterocycles. The molecule has 0 rings (SSSR count). The molecular weight excluding hydrogens is 200 g/mol. The Morgan fingerprint density at radius 2 is 1.69 bits per heavy atom. The number of carbonyl (C=O) groups is 1. The van der Waals surface area contributed by atoms with Crippen molar-refractivity contribution < 1.29 is 4.79 Å². The molecule has 0 aliphatic rings. The van der Waals surface area contributed by atoms with Crippen LogP contribution in [-0.2, 0) is 4.79 Å². The summed E-state index contributed by atoms with van der Waals surface area (Å²) in [5.41, 5.74) is 0.0396. The van der Waals surface area contributed by atoms with Gasteiger partial charge in [0.25, 0.3) is 0 Å². The van der Waals surface area contributed by atoms with E-state index in [1.165, 1.54) is 0 Å². The van der Waals surface area contributed by atoms with E-state index in [4.69, 9.17) is 0 Å². The summed E-state index contributed by atoms with van der Waals surface area (Å²) < 4.78 is 0. The van der Waals surface area contributed by atoms with Crippen molar-refractivity contribution in [3.8, 4) is 0 Å². The fraction of sp³-hybridized carbons (Fsp3) is 0.923. The fourth-order valence-electron chi connectivity index (χ4n) is 1.29. The van der Waals surface area contributed by atoms with Crippen LogP contribution in [0.15, 0.2) is 0 Å². The molecule has 0 radical (unpaired) electrons. The molecular formula is C13H28N2O. The summed E-state index contributed by atoms with van der Waals surface area (Å²) in [4.78, 5) is 13.8. The van der Waals surface area contributed by atoms with Crippen LogP contribution in [0.25, 0.3) is 0 Å². The van der Waals surface area contributed by atoms with Gasteiger partial charge in [-0.05, 0) is 41.0 Å². The molecule has 0 aliphatic heterocycles. The van der Waals surface area contributed by atoms with Gasteiger partial charge in [0.05, 0.1) is 0 Å². The van der Waals surface area contributed by atoms with Crippen LogP contribution in [0.4, 0.5) is 0 Å². The normalized spacial score (nSPS) is 12.7. The van der Waals surface area contributed by atoms with Gasteiger partial charge in [0, 0.05) is 31.1 Å². The van der Waals surface area contributed by atoms with E-state index in [0.29, 0.717) is 6.42 Å². The molecule has 16 heavy (non-hydrogen) atoms. The highest BCUT2D eigenvalue weighted by molar-refractivity contribution is 5.76.